The maximum atomic E-state index is 5.76. The van der Waals surface area contributed by atoms with Gasteiger partial charge in [-0.3, -0.25) is 0 Å². The van der Waals surface area contributed by atoms with E-state index in [4.69, 9.17) is 9.47 Å². The lowest BCUT2D eigenvalue weighted by Crippen LogP contribution is -2.30. The van der Waals surface area contributed by atoms with Crippen LogP contribution < -0.4 is 5.32 Å². The van der Waals surface area contributed by atoms with Crippen molar-refractivity contribution < 1.29 is 9.47 Å². The zero-order valence-corrected chi connectivity index (χ0v) is 12.5. The molecule has 1 fully saturated rings. The van der Waals surface area contributed by atoms with E-state index in [1.165, 1.54) is 0 Å². The first kappa shape index (κ1) is 14.3. The Morgan fingerprint density at radius 2 is 2.14 bits per heavy atom. The van der Waals surface area contributed by atoms with Crippen LogP contribution in [0.15, 0.2) is 42.7 Å². The van der Waals surface area contributed by atoms with Crippen LogP contribution in [0.3, 0.4) is 0 Å². The molecular formula is C16H21N3O2. The molecule has 1 N–H and O–H groups in total. The quantitative estimate of drug-likeness (QED) is 0.915. The van der Waals surface area contributed by atoms with E-state index in [-0.39, 0.29) is 6.10 Å². The normalized spacial score (nSPS) is 20.8. The van der Waals surface area contributed by atoms with Crippen LogP contribution in [-0.2, 0) is 16.0 Å². The molecule has 1 aromatic heterocycles. The van der Waals surface area contributed by atoms with Gasteiger partial charge in [-0.15, -0.1) is 0 Å². The summed E-state index contributed by atoms with van der Waals surface area (Å²) in [5.41, 5.74) is 2.22. The number of hydrogen-bond donors (Lipinski definition) is 1. The smallest absolute Gasteiger partial charge is 0.163 e. The molecule has 2 heterocycles. The number of rotatable bonds is 5. The minimum absolute atomic E-state index is 0.115. The van der Waals surface area contributed by atoms with E-state index < -0.39 is 5.79 Å². The fourth-order valence-corrected chi connectivity index (χ4v) is 2.41. The Bertz CT molecular complexity index is 580. The van der Waals surface area contributed by atoms with Crippen molar-refractivity contribution in [2.45, 2.75) is 32.3 Å². The molecule has 112 valence electrons. The van der Waals surface area contributed by atoms with Gasteiger partial charge in [-0.05, 0) is 26.0 Å². The fraction of sp³-hybridized carbons (Fsp3) is 0.438. The Morgan fingerprint density at radius 3 is 2.86 bits per heavy atom. The average molecular weight is 287 g/mol. The SMILES string of the molecule is CC1(C)OCC(CNCc2cnn(-c3ccccc3)c2)O1. The molecule has 1 atom stereocenters. The molecule has 2 aromatic rings. The molecule has 5 heteroatoms. The van der Waals surface area contributed by atoms with Crippen molar-refractivity contribution in [3.63, 3.8) is 0 Å². The number of aromatic nitrogens is 2. The monoisotopic (exact) mass is 287 g/mol. The summed E-state index contributed by atoms with van der Waals surface area (Å²) in [6.07, 6.45) is 4.04. The van der Waals surface area contributed by atoms with Crippen LogP contribution >= 0.6 is 0 Å². The summed E-state index contributed by atoms with van der Waals surface area (Å²) in [5, 5.41) is 7.77. The van der Waals surface area contributed by atoms with Gasteiger partial charge in [0.1, 0.15) is 0 Å². The van der Waals surface area contributed by atoms with Gasteiger partial charge in [0.2, 0.25) is 0 Å². The molecule has 5 nitrogen and oxygen atoms in total. The molecule has 0 saturated carbocycles. The van der Waals surface area contributed by atoms with Crippen molar-refractivity contribution >= 4 is 0 Å². The number of hydrogen-bond acceptors (Lipinski definition) is 4. The van der Waals surface area contributed by atoms with E-state index in [1.54, 1.807) is 0 Å². The zero-order valence-electron chi connectivity index (χ0n) is 12.5. The third-order valence-corrected chi connectivity index (χ3v) is 3.43. The fourth-order valence-electron chi connectivity index (χ4n) is 2.41. The summed E-state index contributed by atoms with van der Waals surface area (Å²) in [6, 6.07) is 10.1. The number of ether oxygens (including phenoxy) is 2. The highest BCUT2D eigenvalue weighted by molar-refractivity contribution is 5.30. The first-order valence-electron chi connectivity index (χ1n) is 7.24. The zero-order chi connectivity index (χ0) is 14.7. The van der Waals surface area contributed by atoms with Crippen molar-refractivity contribution in [1.29, 1.82) is 0 Å². The van der Waals surface area contributed by atoms with Gasteiger partial charge in [-0.2, -0.15) is 5.10 Å². The van der Waals surface area contributed by atoms with Crippen LogP contribution in [0.1, 0.15) is 19.4 Å². The van der Waals surface area contributed by atoms with Gasteiger partial charge in [0.05, 0.1) is 24.6 Å². The Morgan fingerprint density at radius 1 is 1.33 bits per heavy atom. The molecule has 1 aromatic carbocycles. The van der Waals surface area contributed by atoms with E-state index in [1.807, 2.05) is 61.3 Å². The van der Waals surface area contributed by atoms with Crippen LogP contribution in [0.4, 0.5) is 0 Å². The molecule has 0 bridgehead atoms. The lowest BCUT2D eigenvalue weighted by Gasteiger charge is -2.17. The summed E-state index contributed by atoms with van der Waals surface area (Å²) in [7, 11) is 0. The summed E-state index contributed by atoms with van der Waals surface area (Å²) in [4.78, 5) is 0. The van der Waals surface area contributed by atoms with E-state index in [0.717, 1.165) is 24.3 Å². The first-order chi connectivity index (χ1) is 10.1. The van der Waals surface area contributed by atoms with E-state index in [2.05, 4.69) is 10.4 Å². The number of nitrogens with one attached hydrogen (secondary N) is 1. The summed E-state index contributed by atoms with van der Waals surface area (Å²) >= 11 is 0. The molecule has 3 rings (SSSR count). The molecule has 0 amide bonds. The molecule has 0 aliphatic carbocycles. The second-order valence-electron chi connectivity index (χ2n) is 5.71. The van der Waals surface area contributed by atoms with Crippen LogP contribution in [0.5, 0.6) is 0 Å². The second kappa shape index (κ2) is 5.97. The molecule has 1 unspecified atom stereocenters. The topological polar surface area (TPSA) is 48.3 Å². The Balaban J connectivity index is 1.50. The summed E-state index contributed by atoms with van der Waals surface area (Å²) in [5.74, 6) is -0.454. The van der Waals surface area contributed by atoms with Gasteiger partial charge in [0.15, 0.2) is 5.79 Å². The number of nitrogens with zero attached hydrogens (tertiary/aromatic N) is 2. The third-order valence-electron chi connectivity index (χ3n) is 3.43. The Kier molecular flexibility index (Phi) is 4.05. The van der Waals surface area contributed by atoms with Gasteiger partial charge in [-0.1, -0.05) is 18.2 Å². The van der Waals surface area contributed by atoms with Gasteiger partial charge in [0, 0.05) is 24.8 Å². The maximum Gasteiger partial charge on any atom is 0.163 e. The van der Waals surface area contributed by atoms with Gasteiger partial charge < -0.3 is 14.8 Å². The van der Waals surface area contributed by atoms with Crippen molar-refractivity contribution in [1.82, 2.24) is 15.1 Å². The second-order valence-corrected chi connectivity index (χ2v) is 5.71. The van der Waals surface area contributed by atoms with Crippen LogP contribution in [0, 0.1) is 0 Å². The molecule has 1 aliphatic rings. The minimum Gasteiger partial charge on any atom is -0.348 e. The van der Waals surface area contributed by atoms with Gasteiger partial charge >= 0.3 is 0 Å². The van der Waals surface area contributed by atoms with Crippen molar-refractivity contribution in [2.75, 3.05) is 13.2 Å². The highest BCUT2D eigenvalue weighted by Crippen LogP contribution is 2.21. The van der Waals surface area contributed by atoms with Crippen molar-refractivity contribution in [2.24, 2.45) is 0 Å². The molecular weight excluding hydrogens is 266 g/mol. The molecule has 21 heavy (non-hydrogen) atoms. The van der Waals surface area contributed by atoms with Gasteiger partial charge in [-0.25, -0.2) is 4.68 Å². The first-order valence-corrected chi connectivity index (χ1v) is 7.24. The molecule has 1 saturated heterocycles. The molecule has 0 spiro atoms. The van der Waals surface area contributed by atoms with E-state index in [0.29, 0.717) is 6.61 Å². The number of para-hydroxylation sites is 1. The maximum absolute atomic E-state index is 5.76. The average Bonchev–Trinajstić information content (AvgIpc) is 3.07. The van der Waals surface area contributed by atoms with Gasteiger partial charge in [0.25, 0.3) is 0 Å². The summed E-state index contributed by atoms with van der Waals surface area (Å²) in [6.45, 7) is 6.07. The lowest BCUT2D eigenvalue weighted by atomic mass is 10.3. The summed E-state index contributed by atoms with van der Waals surface area (Å²) < 4.78 is 13.2. The highest BCUT2D eigenvalue weighted by Gasteiger charge is 2.32. The Labute approximate surface area is 124 Å². The van der Waals surface area contributed by atoms with Crippen LogP contribution in [0.2, 0.25) is 0 Å². The minimum atomic E-state index is -0.454. The number of benzene rings is 1. The van der Waals surface area contributed by atoms with E-state index >= 15 is 0 Å². The lowest BCUT2D eigenvalue weighted by molar-refractivity contribution is -0.137. The standard InChI is InChI=1S/C16H21N3O2/c1-16(2)20-12-15(21-16)10-17-8-13-9-18-19(11-13)14-6-4-3-5-7-14/h3-7,9,11,15,17H,8,10,12H2,1-2H3. The van der Waals surface area contributed by atoms with Crippen molar-refractivity contribution in [3.05, 3.63) is 48.3 Å². The predicted molar refractivity (Wildman–Crippen MR) is 80.2 cm³/mol. The molecule has 1 aliphatic heterocycles. The Hall–Kier alpha value is -1.69. The van der Waals surface area contributed by atoms with Crippen LogP contribution in [-0.4, -0.2) is 34.8 Å². The van der Waals surface area contributed by atoms with E-state index in [9.17, 15) is 0 Å². The third kappa shape index (κ3) is 3.69. The highest BCUT2D eigenvalue weighted by atomic mass is 16.7. The predicted octanol–water partition coefficient (Wildman–Crippen LogP) is 2.11. The van der Waals surface area contributed by atoms with Crippen molar-refractivity contribution in [3.8, 4) is 5.69 Å². The van der Waals surface area contributed by atoms with Crippen LogP contribution in [0.25, 0.3) is 5.69 Å². The largest absolute Gasteiger partial charge is 0.348 e. The molecule has 0 radical (unpaired) electrons.